The highest BCUT2D eigenvalue weighted by Gasteiger charge is 2.13. The van der Waals surface area contributed by atoms with Crippen LogP contribution >= 0.6 is 0 Å². The van der Waals surface area contributed by atoms with Gasteiger partial charge >= 0.3 is 0 Å². The Morgan fingerprint density at radius 1 is 1.47 bits per heavy atom. The lowest BCUT2D eigenvalue weighted by Crippen LogP contribution is -2.35. The summed E-state index contributed by atoms with van der Waals surface area (Å²) in [5, 5.41) is 20.3. The SMILES string of the molecule is CC(C)(C)OCC(O)CNCCn1ccnn1. The van der Waals surface area contributed by atoms with Gasteiger partial charge in [-0.25, -0.2) is 0 Å². The van der Waals surface area contributed by atoms with Crippen LogP contribution in [0.4, 0.5) is 0 Å². The molecule has 0 aliphatic carbocycles. The Kier molecular flexibility index (Phi) is 5.54. The van der Waals surface area contributed by atoms with Gasteiger partial charge in [0.15, 0.2) is 0 Å². The van der Waals surface area contributed by atoms with Crippen molar-refractivity contribution in [3.05, 3.63) is 12.4 Å². The van der Waals surface area contributed by atoms with Crippen LogP contribution in [0.3, 0.4) is 0 Å². The predicted octanol–water partition coefficient (Wildman–Crippen LogP) is 0.0437. The van der Waals surface area contributed by atoms with Gasteiger partial charge in [-0.05, 0) is 20.8 Å². The third-order valence-corrected chi connectivity index (χ3v) is 2.08. The molecule has 0 saturated heterocycles. The van der Waals surface area contributed by atoms with Crippen molar-refractivity contribution in [1.82, 2.24) is 20.3 Å². The van der Waals surface area contributed by atoms with E-state index in [4.69, 9.17) is 4.74 Å². The number of hydrogen-bond acceptors (Lipinski definition) is 5. The van der Waals surface area contributed by atoms with Gasteiger partial charge in [-0.3, -0.25) is 4.68 Å². The lowest BCUT2D eigenvalue weighted by atomic mass is 10.2. The molecule has 0 amide bonds. The van der Waals surface area contributed by atoms with Gasteiger partial charge in [-0.1, -0.05) is 5.21 Å². The molecule has 6 nitrogen and oxygen atoms in total. The van der Waals surface area contributed by atoms with Gasteiger partial charge in [-0.15, -0.1) is 5.10 Å². The second-order valence-corrected chi connectivity index (χ2v) is 4.95. The summed E-state index contributed by atoms with van der Waals surface area (Å²) >= 11 is 0. The Labute approximate surface area is 102 Å². The second kappa shape index (κ2) is 6.68. The summed E-state index contributed by atoms with van der Waals surface area (Å²) in [5.41, 5.74) is -0.207. The normalized spacial score (nSPS) is 13.9. The molecule has 1 unspecified atom stereocenters. The molecule has 1 heterocycles. The molecule has 1 aromatic heterocycles. The number of rotatable bonds is 7. The van der Waals surface area contributed by atoms with Gasteiger partial charge in [0.25, 0.3) is 0 Å². The van der Waals surface area contributed by atoms with Crippen molar-refractivity contribution in [2.24, 2.45) is 0 Å². The standard InChI is InChI=1S/C11H22N4O2/c1-11(2,3)17-9-10(16)8-12-4-6-15-7-5-13-14-15/h5,7,10,12,16H,4,6,8-9H2,1-3H3. The van der Waals surface area contributed by atoms with Crippen molar-refractivity contribution >= 4 is 0 Å². The number of aromatic nitrogens is 3. The molecule has 1 aromatic rings. The topological polar surface area (TPSA) is 72.2 Å². The average molecular weight is 242 g/mol. The van der Waals surface area contributed by atoms with Crippen molar-refractivity contribution in [3.63, 3.8) is 0 Å². The van der Waals surface area contributed by atoms with Crippen molar-refractivity contribution in [3.8, 4) is 0 Å². The molecule has 0 spiro atoms. The summed E-state index contributed by atoms with van der Waals surface area (Å²) in [6.45, 7) is 8.26. The van der Waals surface area contributed by atoms with Gasteiger partial charge in [-0.2, -0.15) is 0 Å². The van der Waals surface area contributed by atoms with Gasteiger partial charge in [0.1, 0.15) is 0 Å². The van der Waals surface area contributed by atoms with E-state index in [2.05, 4.69) is 15.6 Å². The highest BCUT2D eigenvalue weighted by Crippen LogP contribution is 2.06. The molecule has 0 fully saturated rings. The average Bonchev–Trinajstić information content (AvgIpc) is 2.73. The van der Waals surface area contributed by atoms with Crippen molar-refractivity contribution < 1.29 is 9.84 Å². The minimum atomic E-state index is -0.482. The molecule has 0 aliphatic rings. The number of hydrogen-bond donors (Lipinski definition) is 2. The van der Waals surface area contributed by atoms with E-state index in [0.717, 1.165) is 13.1 Å². The molecule has 0 aliphatic heterocycles. The van der Waals surface area contributed by atoms with E-state index in [1.165, 1.54) is 0 Å². The van der Waals surface area contributed by atoms with Crippen LogP contribution in [0, 0.1) is 0 Å². The van der Waals surface area contributed by atoms with E-state index in [9.17, 15) is 5.11 Å². The zero-order valence-electron chi connectivity index (χ0n) is 10.8. The smallest absolute Gasteiger partial charge is 0.0897 e. The van der Waals surface area contributed by atoms with Crippen molar-refractivity contribution in [2.75, 3.05) is 19.7 Å². The maximum Gasteiger partial charge on any atom is 0.0897 e. The minimum Gasteiger partial charge on any atom is -0.389 e. The predicted molar refractivity (Wildman–Crippen MR) is 64.6 cm³/mol. The van der Waals surface area contributed by atoms with Crippen LogP contribution < -0.4 is 5.32 Å². The third kappa shape index (κ3) is 7.04. The number of aliphatic hydroxyl groups excluding tert-OH is 1. The first-order chi connectivity index (χ1) is 7.97. The quantitative estimate of drug-likeness (QED) is 0.661. The van der Waals surface area contributed by atoms with Crippen LogP contribution in [-0.4, -0.2) is 51.5 Å². The Hall–Kier alpha value is -0.980. The lowest BCUT2D eigenvalue weighted by molar-refractivity contribution is -0.0478. The largest absolute Gasteiger partial charge is 0.389 e. The number of nitrogens with zero attached hydrogens (tertiary/aromatic N) is 3. The fraction of sp³-hybridized carbons (Fsp3) is 0.818. The van der Waals surface area contributed by atoms with Gasteiger partial charge in [0, 0.05) is 19.3 Å². The van der Waals surface area contributed by atoms with Crippen LogP contribution in [0.25, 0.3) is 0 Å². The van der Waals surface area contributed by atoms with Crippen LogP contribution in [-0.2, 0) is 11.3 Å². The molecule has 2 N–H and O–H groups in total. The molecular weight excluding hydrogens is 220 g/mol. The van der Waals surface area contributed by atoms with Crippen molar-refractivity contribution in [2.45, 2.75) is 39.0 Å². The van der Waals surface area contributed by atoms with Crippen LogP contribution in [0.2, 0.25) is 0 Å². The van der Waals surface area contributed by atoms with Crippen LogP contribution in [0.1, 0.15) is 20.8 Å². The highest BCUT2D eigenvalue weighted by molar-refractivity contribution is 4.66. The molecule has 17 heavy (non-hydrogen) atoms. The molecule has 1 atom stereocenters. The first-order valence-corrected chi connectivity index (χ1v) is 5.84. The van der Waals surface area contributed by atoms with Crippen LogP contribution in [0.5, 0.6) is 0 Å². The van der Waals surface area contributed by atoms with Crippen molar-refractivity contribution in [1.29, 1.82) is 0 Å². The fourth-order valence-electron chi connectivity index (χ4n) is 1.22. The summed E-state index contributed by atoms with van der Waals surface area (Å²) in [4.78, 5) is 0. The Morgan fingerprint density at radius 3 is 2.82 bits per heavy atom. The summed E-state index contributed by atoms with van der Waals surface area (Å²) in [6.07, 6.45) is 2.97. The monoisotopic (exact) mass is 242 g/mol. The van der Waals surface area contributed by atoms with E-state index in [1.54, 1.807) is 17.1 Å². The maximum atomic E-state index is 9.65. The number of aliphatic hydroxyl groups is 1. The molecular formula is C11H22N4O2. The first kappa shape index (κ1) is 14.1. The maximum absolute atomic E-state index is 9.65. The molecule has 0 aromatic carbocycles. The zero-order chi connectivity index (χ0) is 12.7. The van der Waals surface area contributed by atoms with E-state index in [-0.39, 0.29) is 5.60 Å². The minimum absolute atomic E-state index is 0.207. The number of ether oxygens (including phenoxy) is 1. The second-order valence-electron chi connectivity index (χ2n) is 4.95. The fourth-order valence-corrected chi connectivity index (χ4v) is 1.22. The molecule has 98 valence electrons. The lowest BCUT2D eigenvalue weighted by Gasteiger charge is -2.22. The van der Waals surface area contributed by atoms with Crippen LogP contribution in [0.15, 0.2) is 12.4 Å². The summed E-state index contributed by atoms with van der Waals surface area (Å²) in [6, 6.07) is 0. The van der Waals surface area contributed by atoms with Gasteiger partial charge in [0.05, 0.1) is 31.1 Å². The molecule has 6 heteroatoms. The van der Waals surface area contributed by atoms with Gasteiger partial charge in [0.2, 0.25) is 0 Å². The highest BCUT2D eigenvalue weighted by atomic mass is 16.5. The first-order valence-electron chi connectivity index (χ1n) is 5.84. The summed E-state index contributed by atoms with van der Waals surface area (Å²) in [5.74, 6) is 0. The third-order valence-electron chi connectivity index (χ3n) is 2.08. The van der Waals surface area contributed by atoms with E-state index < -0.39 is 6.10 Å². The zero-order valence-corrected chi connectivity index (χ0v) is 10.8. The molecule has 1 rings (SSSR count). The summed E-state index contributed by atoms with van der Waals surface area (Å²) < 4.78 is 7.22. The van der Waals surface area contributed by atoms with E-state index >= 15 is 0 Å². The summed E-state index contributed by atoms with van der Waals surface area (Å²) in [7, 11) is 0. The Morgan fingerprint density at radius 2 is 2.24 bits per heavy atom. The molecule has 0 radical (unpaired) electrons. The molecule has 0 bridgehead atoms. The Bertz CT molecular complexity index is 295. The van der Waals surface area contributed by atoms with Gasteiger partial charge < -0.3 is 15.2 Å². The Balaban J connectivity index is 2.02. The molecule has 0 saturated carbocycles. The number of nitrogens with one attached hydrogen (secondary N) is 1. The van der Waals surface area contributed by atoms with E-state index in [0.29, 0.717) is 13.2 Å². The van der Waals surface area contributed by atoms with E-state index in [1.807, 2.05) is 20.8 Å².